The lowest BCUT2D eigenvalue weighted by Gasteiger charge is -2.09. The minimum Gasteiger partial charge on any atom is -0.485 e. The number of fused-ring (bicyclic) bond motifs is 1. The Labute approximate surface area is 124 Å². The molecular weight excluding hydrogens is 322 g/mol. The van der Waals surface area contributed by atoms with E-state index in [1.54, 1.807) is 11.3 Å². The molecular formula is C15H12BrNOS. The molecule has 0 radical (unpaired) electrons. The van der Waals surface area contributed by atoms with Gasteiger partial charge in [-0.3, -0.25) is 0 Å². The van der Waals surface area contributed by atoms with E-state index in [1.165, 1.54) is 5.39 Å². The van der Waals surface area contributed by atoms with Gasteiger partial charge in [0.2, 0.25) is 0 Å². The van der Waals surface area contributed by atoms with Gasteiger partial charge in [0.1, 0.15) is 17.4 Å². The molecule has 0 aliphatic carbocycles. The van der Waals surface area contributed by atoms with Gasteiger partial charge in [-0.15, -0.1) is 11.3 Å². The zero-order valence-electron chi connectivity index (χ0n) is 10.4. The molecule has 3 rings (SSSR count). The lowest BCUT2D eigenvalue weighted by Crippen LogP contribution is -1.95. The van der Waals surface area contributed by atoms with Crippen LogP contribution in [0.3, 0.4) is 0 Å². The van der Waals surface area contributed by atoms with Gasteiger partial charge < -0.3 is 4.74 Å². The Morgan fingerprint density at radius 1 is 1.21 bits per heavy atom. The summed E-state index contributed by atoms with van der Waals surface area (Å²) in [5.74, 6) is 0.853. The Kier molecular flexibility index (Phi) is 3.53. The number of aryl methyl sites for hydroxylation is 1. The van der Waals surface area contributed by atoms with Crippen molar-refractivity contribution >= 4 is 38.0 Å². The number of halogens is 1. The lowest BCUT2D eigenvalue weighted by atomic mass is 10.1. The fourth-order valence-electron chi connectivity index (χ4n) is 1.93. The molecule has 4 heteroatoms. The predicted molar refractivity (Wildman–Crippen MR) is 82.8 cm³/mol. The van der Waals surface area contributed by atoms with Crippen molar-refractivity contribution < 1.29 is 4.74 Å². The van der Waals surface area contributed by atoms with Crippen molar-refractivity contribution in [2.24, 2.45) is 0 Å². The molecule has 96 valence electrons. The first-order valence-electron chi connectivity index (χ1n) is 5.95. The van der Waals surface area contributed by atoms with Gasteiger partial charge in [-0.25, -0.2) is 4.98 Å². The van der Waals surface area contributed by atoms with Crippen molar-refractivity contribution in [3.8, 4) is 5.75 Å². The van der Waals surface area contributed by atoms with Gasteiger partial charge in [0.15, 0.2) is 0 Å². The molecule has 2 nitrogen and oxygen atoms in total. The fraction of sp³-hybridized carbons (Fsp3) is 0.133. The second-order valence-electron chi connectivity index (χ2n) is 4.27. The van der Waals surface area contributed by atoms with Crippen LogP contribution >= 0.6 is 27.3 Å². The molecule has 1 heterocycles. The Bertz CT molecular complexity index is 723. The smallest absolute Gasteiger partial charge is 0.140 e. The number of hydrogen-bond donors (Lipinski definition) is 0. The molecule has 0 aliphatic heterocycles. The van der Waals surface area contributed by atoms with E-state index in [9.17, 15) is 0 Å². The van der Waals surface area contributed by atoms with Gasteiger partial charge in [-0.2, -0.15) is 0 Å². The third kappa shape index (κ3) is 2.65. The van der Waals surface area contributed by atoms with Crippen LogP contribution in [0, 0.1) is 6.92 Å². The van der Waals surface area contributed by atoms with Crippen molar-refractivity contribution in [2.45, 2.75) is 13.5 Å². The van der Waals surface area contributed by atoms with Gasteiger partial charge in [0.05, 0.1) is 4.47 Å². The summed E-state index contributed by atoms with van der Waals surface area (Å²) in [7, 11) is 0. The second kappa shape index (κ2) is 5.31. The van der Waals surface area contributed by atoms with Crippen molar-refractivity contribution in [3.05, 3.63) is 57.0 Å². The van der Waals surface area contributed by atoms with Crippen molar-refractivity contribution in [1.29, 1.82) is 0 Å². The van der Waals surface area contributed by atoms with E-state index in [0.29, 0.717) is 6.61 Å². The first kappa shape index (κ1) is 12.6. The number of ether oxygens (including phenoxy) is 1. The van der Waals surface area contributed by atoms with E-state index in [2.05, 4.69) is 39.1 Å². The maximum atomic E-state index is 5.85. The average molecular weight is 334 g/mol. The first-order valence-corrected chi connectivity index (χ1v) is 7.62. The molecule has 1 aromatic heterocycles. The molecule has 2 aromatic carbocycles. The van der Waals surface area contributed by atoms with Crippen LogP contribution in [0.2, 0.25) is 0 Å². The highest BCUT2D eigenvalue weighted by Gasteiger charge is 2.07. The van der Waals surface area contributed by atoms with Crippen LogP contribution < -0.4 is 4.74 Å². The average Bonchev–Trinajstić information content (AvgIpc) is 2.84. The van der Waals surface area contributed by atoms with Crippen LogP contribution in [0.15, 0.2) is 46.3 Å². The van der Waals surface area contributed by atoms with Gasteiger partial charge in [-0.1, -0.05) is 30.3 Å². The number of benzene rings is 2. The number of hydrogen-bond acceptors (Lipinski definition) is 3. The summed E-state index contributed by atoms with van der Waals surface area (Å²) in [6, 6.07) is 12.3. The molecule has 0 atom stereocenters. The molecule has 0 spiro atoms. The van der Waals surface area contributed by atoms with Crippen LogP contribution in [0.4, 0.5) is 0 Å². The highest BCUT2D eigenvalue weighted by molar-refractivity contribution is 9.10. The quantitative estimate of drug-likeness (QED) is 0.676. The van der Waals surface area contributed by atoms with Gasteiger partial charge >= 0.3 is 0 Å². The van der Waals surface area contributed by atoms with Crippen molar-refractivity contribution in [2.75, 3.05) is 0 Å². The number of aromatic nitrogens is 1. The standard InChI is InChI=1S/C15H12BrNOS/c1-10-9-19-14(17-10)8-18-13-7-6-11-4-2-3-5-12(11)15(13)16/h2-7,9H,8H2,1H3. The summed E-state index contributed by atoms with van der Waals surface area (Å²) in [6.45, 7) is 2.50. The minimum absolute atomic E-state index is 0.509. The minimum atomic E-state index is 0.509. The summed E-state index contributed by atoms with van der Waals surface area (Å²) in [6.07, 6.45) is 0. The molecule has 0 fully saturated rings. The molecule has 0 saturated heterocycles. The summed E-state index contributed by atoms with van der Waals surface area (Å²) < 4.78 is 6.84. The third-order valence-corrected chi connectivity index (χ3v) is 4.60. The van der Waals surface area contributed by atoms with Gasteiger partial charge in [0, 0.05) is 11.1 Å². The highest BCUT2D eigenvalue weighted by Crippen LogP contribution is 2.33. The zero-order chi connectivity index (χ0) is 13.2. The number of rotatable bonds is 3. The molecule has 0 saturated carbocycles. The largest absolute Gasteiger partial charge is 0.485 e. The lowest BCUT2D eigenvalue weighted by molar-refractivity contribution is 0.304. The normalized spacial score (nSPS) is 10.8. The SMILES string of the molecule is Cc1csc(COc2ccc3ccccc3c2Br)n1. The topological polar surface area (TPSA) is 22.1 Å². The van der Waals surface area contributed by atoms with E-state index in [-0.39, 0.29) is 0 Å². The molecule has 0 bridgehead atoms. The predicted octanol–water partition coefficient (Wildman–Crippen LogP) is 4.95. The van der Waals surface area contributed by atoms with Crippen LogP contribution in [-0.2, 0) is 6.61 Å². The van der Waals surface area contributed by atoms with Crippen LogP contribution in [0.25, 0.3) is 10.8 Å². The highest BCUT2D eigenvalue weighted by atomic mass is 79.9. The Morgan fingerprint density at radius 2 is 2.05 bits per heavy atom. The van der Waals surface area contributed by atoms with E-state index in [1.807, 2.05) is 30.5 Å². The number of thiazole rings is 1. The summed E-state index contributed by atoms with van der Waals surface area (Å²) in [5, 5.41) is 5.40. The summed E-state index contributed by atoms with van der Waals surface area (Å²) >= 11 is 5.25. The molecule has 3 aromatic rings. The first-order chi connectivity index (χ1) is 9.24. The number of nitrogens with zero attached hydrogens (tertiary/aromatic N) is 1. The third-order valence-electron chi connectivity index (χ3n) is 2.85. The fourth-order valence-corrected chi connectivity index (χ4v) is 3.22. The molecule has 19 heavy (non-hydrogen) atoms. The Balaban J connectivity index is 1.87. The van der Waals surface area contributed by atoms with E-state index in [4.69, 9.17) is 4.74 Å². The molecule has 0 unspecified atom stereocenters. The van der Waals surface area contributed by atoms with Gasteiger partial charge in [-0.05, 0) is 39.7 Å². The van der Waals surface area contributed by atoms with Gasteiger partial charge in [0.25, 0.3) is 0 Å². The van der Waals surface area contributed by atoms with E-state index < -0.39 is 0 Å². The second-order valence-corrected chi connectivity index (χ2v) is 6.01. The van der Waals surface area contributed by atoms with Crippen LogP contribution in [0.5, 0.6) is 5.75 Å². The van der Waals surface area contributed by atoms with E-state index in [0.717, 1.165) is 26.3 Å². The van der Waals surface area contributed by atoms with Crippen molar-refractivity contribution in [3.63, 3.8) is 0 Å². The maximum Gasteiger partial charge on any atom is 0.140 e. The summed E-state index contributed by atoms with van der Waals surface area (Å²) in [4.78, 5) is 4.40. The molecule has 0 aliphatic rings. The molecule has 0 amide bonds. The van der Waals surface area contributed by atoms with Crippen LogP contribution in [-0.4, -0.2) is 4.98 Å². The van der Waals surface area contributed by atoms with E-state index >= 15 is 0 Å². The van der Waals surface area contributed by atoms with Crippen LogP contribution in [0.1, 0.15) is 10.7 Å². The maximum absolute atomic E-state index is 5.85. The monoisotopic (exact) mass is 333 g/mol. The molecule has 0 N–H and O–H groups in total. The Morgan fingerprint density at radius 3 is 2.84 bits per heavy atom. The van der Waals surface area contributed by atoms with Crippen molar-refractivity contribution in [1.82, 2.24) is 4.98 Å². The zero-order valence-corrected chi connectivity index (χ0v) is 12.8. The summed E-state index contributed by atoms with van der Waals surface area (Å²) in [5.41, 5.74) is 1.04. The Hall–Kier alpha value is -1.39.